The van der Waals surface area contributed by atoms with E-state index in [-0.39, 0.29) is 25.5 Å². The summed E-state index contributed by atoms with van der Waals surface area (Å²) in [6.45, 7) is 4.56. The SMILES string of the molecule is CC1(C)c2ncccc2-n2c3ccc(-c4cc[c-]c(-c5nccc6ccccc56)c4)cc3c3cccc1c32.[Ir]. The Morgan fingerprint density at radius 1 is 0.718 bits per heavy atom. The number of fused-ring (bicyclic) bond motifs is 6. The molecule has 0 amide bonds. The topological polar surface area (TPSA) is 30.7 Å². The van der Waals surface area contributed by atoms with Gasteiger partial charge in [0, 0.05) is 48.7 Å². The van der Waals surface area contributed by atoms with Gasteiger partial charge in [0.2, 0.25) is 0 Å². The fraction of sp³-hybridized carbons (Fsp3) is 0.0857. The number of para-hydroxylation sites is 1. The van der Waals surface area contributed by atoms with Crippen LogP contribution < -0.4 is 0 Å². The molecule has 4 heteroatoms. The Balaban J connectivity index is 0.00000253. The van der Waals surface area contributed by atoms with Crippen molar-refractivity contribution in [1.82, 2.24) is 14.5 Å². The van der Waals surface area contributed by atoms with Crippen LogP contribution in [0.15, 0.2) is 109 Å². The van der Waals surface area contributed by atoms with Crippen molar-refractivity contribution in [2.24, 2.45) is 0 Å². The first-order valence-corrected chi connectivity index (χ1v) is 13.0. The van der Waals surface area contributed by atoms with E-state index in [0.717, 1.165) is 27.9 Å². The van der Waals surface area contributed by atoms with Gasteiger partial charge in [-0.25, -0.2) is 0 Å². The van der Waals surface area contributed by atoms with Gasteiger partial charge in [0.25, 0.3) is 0 Å². The van der Waals surface area contributed by atoms with E-state index in [4.69, 9.17) is 9.97 Å². The van der Waals surface area contributed by atoms with E-state index in [2.05, 4.69) is 109 Å². The largest absolute Gasteiger partial charge is 0.307 e. The molecule has 3 nitrogen and oxygen atoms in total. The third-order valence-corrected chi connectivity index (χ3v) is 8.14. The van der Waals surface area contributed by atoms with Crippen LogP contribution in [0.25, 0.3) is 60.6 Å². The number of hydrogen-bond donors (Lipinski definition) is 0. The maximum Gasteiger partial charge on any atom is 0.0744 e. The zero-order valence-corrected chi connectivity index (χ0v) is 24.0. The summed E-state index contributed by atoms with van der Waals surface area (Å²) in [5.74, 6) is 0. The average Bonchev–Trinajstić information content (AvgIpc) is 3.30. The molecule has 0 fully saturated rings. The Morgan fingerprint density at radius 2 is 1.56 bits per heavy atom. The van der Waals surface area contributed by atoms with Gasteiger partial charge in [-0.2, -0.15) is 0 Å². The molecular formula is C35H24IrN3-. The van der Waals surface area contributed by atoms with Crippen molar-refractivity contribution < 1.29 is 20.1 Å². The number of nitrogens with zero attached hydrogens (tertiary/aromatic N) is 3. The van der Waals surface area contributed by atoms with Crippen LogP contribution in [0.4, 0.5) is 0 Å². The number of rotatable bonds is 2. The van der Waals surface area contributed by atoms with Crippen LogP contribution in [0.5, 0.6) is 0 Å². The molecule has 7 aromatic rings. The first-order chi connectivity index (χ1) is 18.6. The first-order valence-electron chi connectivity index (χ1n) is 13.0. The fourth-order valence-corrected chi connectivity index (χ4v) is 6.31. The average molecular weight is 679 g/mol. The van der Waals surface area contributed by atoms with Gasteiger partial charge in [-0.1, -0.05) is 48.5 Å². The summed E-state index contributed by atoms with van der Waals surface area (Å²) in [7, 11) is 0. The first kappa shape index (κ1) is 24.0. The van der Waals surface area contributed by atoms with E-state index < -0.39 is 0 Å². The Labute approximate surface area is 240 Å². The quantitative estimate of drug-likeness (QED) is 0.172. The van der Waals surface area contributed by atoms with Crippen molar-refractivity contribution in [1.29, 1.82) is 0 Å². The zero-order valence-electron chi connectivity index (χ0n) is 21.6. The molecule has 0 saturated heterocycles. The van der Waals surface area contributed by atoms with Crippen LogP contribution in [0, 0.1) is 6.07 Å². The van der Waals surface area contributed by atoms with Gasteiger partial charge in [-0.05, 0) is 71.8 Å². The van der Waals surface area contributed by atoms with Crippen LogP contribution in [0.2, 0.25) is 0 Å². The second kappa shape index (κ2) is 8.71. The summed E-state index contributed by atoms with van der Waals surface area (Å²) < 4.78 is 2.40. The van der Waals surface area contributed by atoms with Crippen LogP contribution in [-0.2, 0) is 25.5 Å². The molecule has 0 bridgehead atoms. The minimum Gasteiger partial charge on any atom is -0.307 e. The van der Waals surface area contributed by atoms with Gasteiger partial charge in [-0.15, -0.1) is 35.4 Å². The molecule has 1 aliphatic heterocycles. The van der Waals surface area contributed by atoms with Crippen LogP contribution in [0.1, 0.15) is 25.1 Å². The Bertz CT molecular complexity index is 2060. The zero-order chi connectivity index (χ0) is 25.4. The number of aromatic nitrogens is 3. The van der Waals surface area contributed by atoms with E-state index in [0.29, 0.717) is 0 Å². The van der Waals surface area contributed by atoms with Crippen molar-refractivity contribution >= 4 is 32.6 Å². The Kier molecular flexibility index (Phi) is 5.35. The van der Waals surface area contributed by atoms with E-state index in [9.17, 15) is 0 Å². The molecule has 189 valence electrons. The van der Waals surface area contributed by atoms with Gasteiger partial charge in [-0.3, -0.25) is 4.98 Å². The van der Waals surface area contributed by atoms with Crippen molar-refractivity contribution in [2.45, 2.75) is 19.3 Å². The molecule has 0 aliphatic carbocycles. The van der Waals surface area contributed by atoms with E-state index in [1.165, 1.54) is 44.0 Å². The second-order valence-electron chi connectivity index (χ2n) is 10.6. The molecule has 3 aromatic heterocycles. The van der Waals surface area contributed by atoms with Crippen molar-refractivity contribution in [2.75, 3.05) is 0 Å². The molecule has 4 heterocycles. The number of pyridine rings is 2. The maximum atomic E-state index is 4.84. The van der Waals surface area contributed by atoms with Gasteiger partial charge >= 0.3 is 0 Å². The molecule has 0 spiro atoms. The van der Waals surface area contributed by atoms with Gasteiger partial charge in [0.15, 0.2) is 0 Å². The predicted molar refractivity (Wildman–Crippen MR) is 156 cm³/mol. The van der Waals surface area contributed by atoms with Gasteiger partial charge in [0.05, 0.1) is 22.4 Å². The summed E-state index contributed by atoms with van der Waals surface area (Å²) in [4.78, 5) is 9.57. The fourth-order valence-electron chi connectivity index (χ4n) is 6.31. The second-order valence-corrected chi connectivity index (χ2v) is 10.6. The summed E-state index contributed by atoms with van der Waals surface area (Å²) in [5, 5.41) is 4.86. The molecule has 1 radical (unpaired) electrons. The van der Waals surface area contributed by atoms with E-state index in [1.54, 1.807) is 0 Å². The molecular weight excluding hydrogens is 655 g/mol. The molecule has 0 unspecified atom stereocenters. The van der Waals surface area contributed by atoms with Crippen molar-refractivity contribution in [3.63, 3.8) is 0 Å². The molecule has 4 aromatic carbocycles. The standard InChI is InChI=1S/C35H24N3.Ir/c1-35(2)29-13-6-12-27-28-21-24(15-16-30(28)38(33(27)29)31-14-7-18-37-34(31)35)23-9-5-10-25(20-23)32-26-11-4-3-8-22(26)17-19-36-32;/h3-9,11-21H,1-2H3;/q-1;. The van der Waals surface area contributed by atoms with Crippen LogP contribution in [-0.4, -0.2) is 14.5 Å². The van der Waals surface area contributed by atoms with E-state index >= 15 is 0 Å². The summed E-state index contributed by atoms with van der Waals surface area (Å²) >= 11 is 0. The molecule has 1 aliphatic rings. The van der Waals surface area contributed by atoms with Crippen LogP contribution in [0.3, 0.4) is 0 Å². The smallest absolute Gasteiger partial charge is 0.0744 e. The molecule has 0 saturated carbocycles. The van der Waals surface area contributed by atoms with E-state index in [1.807, 2.05) is 24.5 Å². The summed E-state index contributed by atoms with van der Waals surface area (Å²) in [6.07, 6.45) is 3.79. The molecule has 0 atom stereocenters. The van der Waals surface area contributed by atoms with Crippen molar-refractivity contribution in [3.05, 3.63) is 127 Å². The minimum atomic E-state index is -0.168. The predicted octanol–water partition coefficient (Wildman–Crippen LogP) is 8.50. The monoisotopic (exact) mass is 679 g/mol. The minimum absolute atomic E-state index is 0. The third-order valence-electron chi connectivity index (χ3n) is 8.14. The van der Waals surface area contributed by atoms with Crippen LogP contribution >= 0.6 is 0 Å². The number of benzene rings is 4. The van der Waals surface area contributed by atoms with Gasteiger partial charge in [0.1, 0.15) is 0 Å². The number of hydrogen-bond acceptors (Lipinski definition) is 2. The maximum absolute atomic E-state index is 4.84. The van der Waals surface area contributed by atoms with Gasteiger partial charge < -0.3 is 9.55 Å². The van der Waals surface area contributed by atoms with Crippen molar-refractivity contribution in [3.8, 4) is 28.1 Å². The normalized spacial score (nSPS) is 13.4. The molecule has 0 N–H and O–H groups in total. The molecule has 39 heavy (non-hydrogen) atoms. The summed E-state index contributed by atoms with van der Waals surface area (Å²) in [6, 6.07) is 38.0. The third kappa shape index (κ3) is 3.39. The Hall–Kier alpha value is -4.11. The molecule has 8 rings (SSSR count). The Morgan fingerprint density at radius 3 is 2.49 bits per heavy atom. The summed E-state index contributed by atoms with van der Waals surface area (Å²) in [5.41, 5.74) is 10.2.